The van der Waals surface area contributed by atoms with Gasteiger partial charge >= 0.3 is 48.2 Å². The number of hydrogen-bond donors (Lipinski definition) is 6. The molecule has 0 spiro atoms. The molecule has 0 amide bonds. The summed E-state index contributed by atoms with van der Waals surface area (Å²) < 4.78 is 64.6. The van der Waals surface area contributed by atoms with Crippen molar-refractivity contribution >= 4 is 43.6 Å². The molecule has 11 rings (SSSR count). The molecular formula is C60H85As2NO16. The van der Waals surface area contributed by atoms with Crippen LogP contribution >= 0.6 is 0 Å². The Morgan fingerprint density at radius 3 is 1.82 bits per heavy atom. The molecule has 0 radical (unpaired) electrons. The van der Waals surface area contributed by atoms with E-state index in [-0.39, 0.29) is 54.0 Å². The maximum atomic E-state index is 12.6. The van der Waals surface area contributed by atoms with Gasteiger partial charge in [0.05, 0.1) is 48.3 Å². The molecule has 6 N–H and O–H groups in total. The number of fused-ring (bicyclic) bond motifs is 7. The fourth-order valence-corrected chi connectivity index (χ4v) is 16.1. The number of aliphatic hydroxyl groups excluding tert-OH is 4. The number of benzene rings is 2. The number of ether oxygens (including phenoxy) is 7. The van der Waals surface area contributed by atoms with Gasteiger partial charge in [0, 0.05) is 30.8 Å². The maximum absolute atomic E-state index is 12.6. The van der Waals surface area contributed by atoms with E-state index in [4.69, 9.17) is 33.2 Å². The molecule has 4 saturated carbocycles. The van der Waals surface area contributed by atoms with E-state index in [1.54, 1.807) is 19.9 Å². The van der Waals surface area contributed by atoms with E-state index in [1.165, 1.54) is 27.8 Å². The molecule has 2 aromatic rings. The number of rotatable bonds is 12. The second-order valence-electron chi connectivity index (χ2n) is 24.3. The topological polar surface area (TPSA) is 238 Å². The quantitative estimate of drug-likeness (QED) is 0.0618. The number of aliphatic hydroxyl groups is 5. The van der Waals surface area contributed by atoms with E-state index < -0.39 is 111 Å². The van der Waals surface area contributed by atoms with Crippen molar-refractivity contribution in [1.29, 1.82) is 0 Å². The molecule has 7 fully saturated rings. The molecule has 19 heteroatoms. The first-order valence-corrected chi connectivity index (χ1v) is 32.0. The first kappa shape index (κ1) is 61.2. The second kappa shape index (κ2) is 26.7. The summed E-state index contributed by atoms with van der Waals surface area (Å²) in [7, 11) is 2.01. The van der Waals surface area contributed by atoms with E-state index in [0.29, 0.717) is 18.4 Å². The third-order valence-electron chi connectivity index (χ3n) is 19.9. The average Bonchev–Trinajstić information content (AvgIpc) is 3.41. The van der Waals surface area contributed by atoms with Crippen LogP contribution in [0.25, 0.3) is 5.57 Å². The Labute approximate surface area is 479 Å². The molecule has 0 aromatic heterocycles. The van der Waals surface area contributed by atoms with E-state index in [9.17, 15) is 37.8 Å². The molecule has 4 aliphatic heterocycles. The van der Waals surface area contributed by atoms with Gasteiger partial charge < -0.3 is 64.0 Å². The van der Waals surface area contributed by atoms with Crippen LogP contribution in [0.1, 0.15) is 140 Å². The van der Waals surface area contributed by atoms with Gasteiger partial charge in [-0.1, -0.05) is 68.5 Å². The molecule has 0 bridgehead atoms. The zero-order chi connectivity index (χ0) is 56.2. The van der Waals surface area contributed by atoms with Crippen LogP contribution < -0.4 is 5.32 Å². The van der Waals surface area contributed by atoms with Crippen LogP contribution in [-0.2, 0) is 61.0 Å². The van der Waals surface area contributed by atoms with Crippen LogP contribution in [0.2, 0.25) is 0 Å². The summed E-state index contributed by atoms with van der Waals surface area (Å²) in [6, 6.07) is 17.7. The first-order chi connectivity index (χ1) is 37.9. The van der Waals surface area contributed by atoms with Crippen LogP contribution in [0.15, 0.2) is 66.3 Å². The van der Waals surface area contributed by atoms with Crippen molar-refractivity contribution < 1.29 is 73.7 Å². The van der Waals surface area contributed by atoms with Gasteiger partial charge in [-0.05, 0) is 174 Å². The molecular weight excluding hydrogens is 1140 g/mol. The van der Waals surface area contributed by atoms with Crippen molar-refractivity contribution in [2.75, 3.05) is 20.2 Å². The molecule has 9 aliphatic rings. The number of esters is 1. The zero-order valence-electron chi connectivity index (χ0n) is 46.7. The Kier molecular flexibility index (Phi) is 20.6. The fourth-order valence-electron chi connectivity index (χ4n) is 15.8. The van der Waals surface area contributed by atoms with E-state index in [0.717, 1.165) is 89.2 Å². The second-order valence-corrected chi connectivity index (χ2v) is 27.0. The van der Waals surface area contributed by atoms with Gasteiger partial charge in [0.2, 0.25) is 0 Å². The number of carbonyl (C=O) groups is 1. The fraction of sp³-hybridized carbons (Fsp3) is 0.717. The number of nitrogens with one attached hydrogen (secondary N) is 1. The van der Waals surface area contributed by atoms with Crippen molar-refractivity contribution in [3.8, 4) is 0 Å². The van der Waals surface area contributed by atoms with E-state index in [2.05, 4.69) is 76.5 Å². The first-order valence-electron chi connectivity index (χ1n) is 29.0. The van der Waals surface area contributed by atoms with E-state index >= 15 is 0 Å². The summed E-state index contributed by atoms with van der Waals surface area (Å²) >= 11 is -2.61. The molecule has 4 heterocycles. The van der Waals surface area contributed by atoms with Crippen LogP contribution in [-0.4, -0.2) is 169 Å². The van der Waals surface area contributed by atoms with Gasteiger partial charge in [-0.25, -0.2) is 4.79 Å². The van der Waals surface area contributed by atoms with E-state index in [1.807, 2.05) is 14.0 Å². The molecule has 0 unspecified atom stereocenters. The van der Waals surface area contributed by atoms with Crippen LogP contribution in [0, 0.1) is 34.5 Å². The van der Waals surface area contributed by atoms with Gasteiger partial charge in [0.25, 0.3) is 0 Å². The molecule has 79 heavy (non-hydrogen) atoms. The van der Waals surface area contributed by atoms with Crippen LogP contribution in [0.3, 0.4) is 0 Å². The number of cyclic esters (lactones) is 1. The number of hydrogen-bond acceptors (Lipinski definition) is 17. The predicted octanol–water partition coefficient (Wildman–Crippen LogP) is 6.01. The van der Waals surface area contributed by atoms with Crippen molar-refractivity contribution in [2.24, 2.45) is 34.5 Å². The van der Waals surface area contributed by atoms with Gasteiger partial charge in [0.15, 0.2) is 18.9 Å². The summed E-state index contributed by atoms with van der Waals surface area (Å²) in [6.45, 7) is 11.4. The molecule has 20 atom stereocenters. The SMILES string of the molecule is CNCCC=C1c2ccccc2CCc2ccccc21.C[C@H]1O[C@@H](O[C@H]2[C@@H](O)C[C@H](O[C@H]3[C@@H](O)C[C@H](O[C@H]4CC[C@@]5(C)[C@H](CC[C@@H]6[C@@H]5CC[C@]5(C)[C@@H](C7=CC(=O)OC7)CC[C@]65O)C4)O[C@@H]3C)O[C@@H]2C)C[C@H](O)[C@@H]1O.O=[As]O[As]=O. The third kappa shape index (κ3) is 13.1. The van der Waals surface area contributed by atoms with Gasteiger partial charge in [-0.15, -0.1) is 0 Å². The number of aryl methyl sites for hydroxylation is 2. The Balaban J connectivity index is 0.000000249. The summed E-state index contributed by atoms with van der Waals surface area (Å²) in [5.41, 5.74) is 7.39. The monoisotopic (exact) mass is 1230 g/mol. The van der Waals surface area contributed by atoms with Crippen molar-refractivity contribution in [3.63, 3.8) is 0 Å². The summed E-state index contributed by atoms with van der Waals surface area (Å²) in [6.07, 6.45) is 7.63. The molecule has 2 aromatic carbocycles. The Morgan fingerprint density at radius 2 is 1.28 bits per heavy atom. The summed E-state index contributed by atoms with van der Waals surface area (Å²) in [5.74, 6) is 1.13. The molecule has 5 aliphatic carbocycles. The minimum atomic E-state index is -1.30. The van der Waals surface area contributed by atoms with Gasteiger partial charge in [-0.2, -0.15) is 0 Å². The molecule has 436 valence electrons. The minimum absolute atomic E-state index is 0.0243. The van der Waals surface area contributed by atoms with Crippen molar-refractivity contribution in [3.05, 3.63) is 88.5 Å². The van der Waals surface area contributed by atoms with Gasteiger partial charge in [-0.3, -0.25) is 0 Å². The molecule has 17 nitrogen and oxygen atoms in total. The standard InChI is InChI=1S/C41H64O13.C19H21N.As2O3/c1-20-36(46)29(42)16-34(49-20)53-38-22(3)51-35(18-31(38)44)54-37-21(2)50-33(17-30(37)43)52-25-8-11-39(4)24(15-25)6-7-28-27(39)9-12-40(5)26(10-13-41(28,40)47)23-14-32(45)48-19-23;1-20-14-6-11-19-17-9-4-2-7-15(17)12-13-16-8-3-5-10-18(16)19;3-1-5-2-4/h14,20-22,24-31,33-38,42-44,46-47H,6-13,15-19H2,1-5H3;2-5,7-11,20H,6,12-14H2,1H3;/t20-,21-,22-,24-,25+,26-,27+,28-,29+,30+,31+,33+,34+,35+,36-,37-,38-,39+,40-,41+;;/m1../s1. The summed E-state index contributed by atoms with van der Waals surface area (Å²) in [4.78, 5) is 11.9. The van der Waals surface area contributed by atoms with Crippen LogP contribution in [0.5, 0.6) is 0 Å². The summed E-state index contributed by atoms with van der Waals surface area (Å²) in [5, 5.41) is 58.2. The van der Waals surface area contributed by atoms with Crippen molar-refractivity contribution in [1.82, 2.24) is 5.32 Å². The average molecular weight is 1230 g/mol. The Bertz CT molecular complexity index is 2390. The Morgan fingerprint density at radius 1 is 0.696 bits per heavy atom. The van der Waals surface area contributed by atoms with Crippen LogP contribution in [0.4, 0.5) is 0 Å². The normalized spacial score (nSPS) is 41.6. The third-order valence-corrected chi connectivity index (χ3v) is 21.7. The van der Waals surface area contributed by atoms with Gasteiger partial charge in [0.1, 0.15) is 24.9 Å². The zero-order valence-corrected chi connectivity index (χ0v) is 50.5. The van der Waals surface area contributed by atoms with Crippen molar-refractivity contribution in [2.45, 2.75) is 216 Å². The molecule has 3 saturated heterocycles. The Hall–Kier alpha value is -2.41. The number of carbonyl (C=O) groups excluding carboxylic acids is 1. The predicted molar refractivity (Wildman–Crippen MR) is 291 cm³/mol.